The van der Waals surface area contributed by atoms with Crippen LogP contribution in [0.1, 0.15) is 23.9 Å². The molecule has 1 heterocycles. The van der Waals surface area contributed by atoms with E-state index in [1.807, 2.05) is 0 Å². The largest absolute Gasteiger partial charge is 0.240 e. The van der Waals surface area contributed by atoms with Crippen molar-refractivity contribution in [2.24, 2.45) is 0 Å². The second kappa shape index (κ2) is 5.46. The summed E-state index contributed by atoms with van der Waals surface area (Å²) in [6.45, 7) is 2.20. The standard InChI is InChI=1S/C13H14ClNS/c1-2-3-10-4-6-11(7-5-10)12-9-16-13(8-14)15-12/h4-7,9H,2-3,8H2,1H3. The highest BCUT2D eigenvalue weighted by molar-refractivity contribution is 7.10. The van der Waals surface area contributed by atoms with Gasteiger partial charge in [-0.3, -0.25) is 0 Å². The van der Waals surface area contributed by atoms with Crippen molar-refractivity contribution >= 4 is 22.9 Å². The number of benzene rings is 1. The molecule has 0 saturated heterocycles. The van der Waals surface area contributed by atoms with E-state index in [0.29, 0.717) is 5.88 Å². The predicted molar refractivity (Wildman–Crippen MR) is 71.1 cm³/mol. The van der Waals surface area contributed by atoms with Crippen LogP contribution in [0.5, 0.6) is 0 Å². The lowest BCUT2D eigenvalue weighted by Crippen LogP contribution is -1.84. The molecule has 2 aromatic rings. The van der Waals surface area contributed by atoms with E-state index >= 15 is 0 Å². The number of hydrogen-bond acceptors (Lipinski definition) is 2. The summed E-state index contributed by atoms with van der Waals surface area (Å²) in [6.07, 6.45) is 2.33. The van der Waals surface area contributed by atoms with Crippen molar-refractivity contribution < 1.29 is 0 Å². The topological polar surface area (TPSA) is 12.9 Å². The molecule has 0 aliphatic heterocycles. The van der Waals surface area contributed by atoms with Crippen molar-refractivity contribution in [3.05, 3.63) is 40.2 Å². The summed E-state index contributed by atoms with van der Waals surface area (Å²) in [5, 5.41) is 3.04. The lowest BCUT2D eigenvalue weighted by molar-refractivity contribution is 0.922. The van der Waals surface area contributed by atoms with Gasteiger partial charge in [0, 0.05) is 10.9 Å². The maximum absolute atomic E-state index is 5.74. The highest BCUT2D eigenvalue weighted by Crippen LogP contribution is 2.23. The summed E-state index contributed by atoms with van der Waals surface area (Å²) < 4.78 is 0. The summed E-state index contributed by atoms with van der Waals surface area (Å²) in [7, 11) is 0. The van der Waals surface area contributed by atoms with Gasteiger partial charge in [-0.25, -0.2) is 4.98 Å². The molecule has 1 aromatic heterocycles. The van der Waals surface area contributed by atoms with Gasteiger partial charge in [0.25, 0.3) is 0 Å². The molecule has 0 atom stereocenters. The summed E-state index contributed by atoms with van der Waals surface area (Å²) in [6, 6.07) is 8.63. The first-order valence-electron chi connectivity index (χ1n) is 5.43. The highest BCUT2D eigenvalue weighted by Gasteiger charge is 2.03. The zero-order valence-electron chi connectivity index (χ0n) is 9.24. The van der Waals surface area contributed by atoms with Crippen molar-refractivity contribution in [2.75, 3.05) is 0 Å². The van der Waals surface area contributed by atoms with E-state index in [4.69, 9.17) is 11.6 Å². The van der Waals surface area contributed by atoms with Gasteiger partial charge in [0.05, 0.1) is 11.6 Å². The quantitative estimate of drug-likeness (QED) is 0.729. The van der Waals surface area contributed by atoms with Crippen LogP contribution in [-0.4, -0.2) is 4.98 Å². The van der Waals surface area contributed by atoms with Crippen molar-refractivity contribution in [3.63, 3.8) is 0 Å². The van der Waals surface area contributed by atoms with Crippen LogP contribution in [0.15, 0.2) is 29.6 Å². The van der Waals surface area contributed by atoms with Crippen molar-refractivity contribution in [2.45, 2.75) is 25.6 Å². The minimum Gasteiger partial charge on any atom is -0.240 e. The van der Waals surface area contributed by atoms with E-state index in [-0.39, 0.29) is 0 Å². The maximum atomic E-state index is 5.74. The van der Waals surface area contributed by atoms with Crippen molar-refractivity contribution in [1.82, 2.24) is 4.98 Å². The molecule has 0 bridgehead atoms. The summed E-state index contributed by atoms with van der Waals surface area (Å²) in [5.41, 5.74) is 3.59. The Hall–Kier alpha value is -0.860. The molecule has 84 valence electrons. The molecule has 0 amide bonds. The van der Waals surface area contributed by atoms with Crippen LogP contribution in [0, 0.1) is 0 Å². The van der Waals surface area contributed by atoms with Crippen molar-refractivity contribution in [1.29, 1.82) is 0 Å². The lowest BCUT2D eigenvalue weighted by Gasteiger charge is -2.00. The molecule has 0 saturated carbocycles. The van der Waals surface area contributed by atoms with E-state index in [2.05, 4.69) is 41.6 Å². The number of hydrogen-bond donors (Lipinski definition) is 0. The number of rotatable bonds is 4. The van der Waals surface area contributed by atoms with Crippen LogP contribution in [0.25, 0.3) is 11.3 Å². The van der Waals surface area contributed by atoms with Gasteiger partial charge in [0.15, 0.2) is 0 Å². The molecule has 2 rings (SSSR count). The van der Waals surface area contributed by atoms with Crippen LogP contribution in [0.4, 0.5) is 0 Å². The smallest absolute Gasteiger partial charge is 0.108 e. The van der Waals surface area contributed by atoms with Crippen LogP contribution in [0.3, 0.4) is 0 Å². The molecule has 1 aromatic carbocycles. The second-order valence-electron chi connectivity index (χ2n) is 3.71. The molecule has 0 unspecified atom stereocenters. The molecule has 0 fully saturated rings. The zero-order chi connectivity index (χ0) is 11.4. The third kappa shape index (κ3) is 2.63. The Balaban J connectivity index is 2.20. The van der Waals surface area contributed by atoms with Crippen LogP contribution >= 0.6 is 22.9 Å². The van der Waals surface area contributed by atoms with Crippen LogP contribution < -0.4 is 0 Å². The lowest BCUT2D eigenvalue weighted by atomic mass is 10.1. The van der Waals surface area contributed by atoms with E-state index < -0.39 is 0 Å². The van der Waals surface area contributed by atoms with Gasteiger partial charge in [0.1, 0.15) is 5.01 Å². The zero-order valence-corrected chi connectivity index (χ0v) is 10.8. The molecule has 1 nitrogen and oxygen atoms in total. The van der Waals surface area contributed by atoms with Gasteiger partial charge in [-0.2, -0.15) is 0 Å². The van der Waals surface area contributed by atoms with Gasteiger partial charge in [-0.1, -0.05) is 37.6 Å². The second-order valence-corrected chi connectivity index (χ2v) is 4.92. The minimum atomic E-state index is 0.499. The summed E-state index contributed by atoms with van der Waals surface area (Å²) in [5.74, 6) is 0.499. The molecule has 3 heteroatoms. The molecule has 0 aliphatic rings. The predicted octanol–water partition coefficient (Wildman–Crippen LogP) is 4.50. The van der Waals surface area contributed by atoms with E-state index in [0.717, 1.165) is 17.1 Å². The van der Waals surface area contributed by atoms with E-state index in [1.54, 1.807) is 11.3 Å². The SMILES string of the molecule is CCCc1ccc(-c2csc(CCl)n2)cc1. The number of thiazole rings is 1. The molecular weight excluding hydrogens is 238 g/mol. The number of aromatic nitrogens is 1. The average Bonchev–Trinajstić information content (AvgIpc) is 2.79. The summed E-state index contributed by atoms with van der Waals surface area (Å²) >= 11 is 7.36. The summed E-state index contributed by atoms with van der Waals surface area (Å²) in [4.78, 5) is 4.46. The van der Waals surface area contributed by atoms with Crippen LogP contribution in [-0.2, 0) is 12.3 Å². The van der Waals surface area contributed by atoms with Gasteiger partial charge in [-0.15, -0.1) is 22.9 Å². The number of halogens is 1. The van der Waals surface area contributed by atoms with Crippen LogP contribution in [0.2, 0.25) is 0 Å². The van der Waals surface area contributed by atoms with E-state index in [1.165, 1.54) is 17.5 Å². The highest BCUT2D eigenvalue weighted by atomic mass is 35.5. The number of aryl methyl sites for hydroxylation is 1. The Bertz CT molecular complexity index is 447. The van der Waals surface area contributed by atoms with Gasteiger partial charge in [0.2, 0.25) is 0 Å². The third-order valence-electron chi connectivity index (χ3n) is 2.45. The fourth-order valence-corrected chi connectivity index (χ4v) is 2.53. The normalized spacial score (nSPS) is 10.6. The molecule has 0 aliphatic carbocycles. The maximum Gasteiger partial charge on any atom is 0.108 e. The molecule has 0 N–H and O–H groups in total. The fourth-order valence-electron chi connectivity index (χ4n) is 1.64. The Morgan fingerprint density at radius 1 is 1.25 bits per heavy atom. The third-order valence-corrected chi connectivity index (χ3v) is 3.71. The minimum absolute atomic E-state index is 0.499. The van der Waals surface area contributed by atoms with Gasteiger partial charge < -0.3 is 0 Å². The molecule has 0 spiro atoms. The fraction of sp³-hybridized carbons (Fsp3) is 0.308. The Labute approximate surface area is 105 Å². The average molecular weight is 252 g/mol. The Morgan fingerprint density at radius 2 is 2.00 bits per heavy atom. The van der Waals surface area contributed by atoms with Gasteiger partial charge in [-0.05, 0) is 12.0 Å². The van der Waals surface area contributed by atoms with Gasteiger partial charge >= 0.3 is 0 Å². The van der Waals surface area contributed by atoms with E-state index in [9.17, 15) is 0 Å². The van der Waals surface area contributed by atoms with Crippen molar-refractivity contribution in [3.8, 4) is 11.3 Å². The first kappa shape index (κ1) is 11.6. The molecule has 0 radical (unpaired) electrons. The number of alkyl halides is 1. The Morgan fingerprint density at radius 3 is 2.56 bits per heavy atom. The molecular formula is C13H14ClNS. The first-order chi connectivity index (χ1) is 7.83. The number of nitrogens with zero attached hydrogens (tertiary/aromatic N) is 1. The molecule has 16 heavy (non-hydrogen) atoms. The Kier molecular flexibility index (Phi) is 3.97. The first-order valence-corrected chi connectivity index (χ1v) is 6.84. The monoisotopic (exact) mass is 251 g/mol.